The van der Waals surface area contributed by atoms with Gasteiger partial charge in [0.25, 0.3) is 0 Å². The number of carbonyl (C=O) groups excluding carboxylic acids is 1. The molecule has 0 bridgehead atoms. The van der Waals surface area contributed by atoms with Crippen molar-refractivity contribution in [3.8, 4) is 0 Å². The van der Waals surface area contributed by atoms with E-state index in [1.165, 1.54) is 6.42 Å². The minimum absolute atomic E-state index is 0. The van der Waals surface area contributed by atoms with Crippen LogP contribution in [0.25, 0.3) is 0 Å². The molecule has 2 heterocycles. The van der Waals surface area contributed by atoms with E-state index in [9.17, 15) is 4.79 Å². The van der Waals surface area contributed by atoms with Gasteiger partial charge in [-0.25, -0.2) is 0 Å². The number of rotatable bonds is 6. The fourth-order valence-corrected chi connectivity index (χ4v) is 3.02. The van der Waals surface area contributed by atoms with Gasteiger partial charge in [-0.15, -0.1) is 12.4 Å². The molecule has 0 saturated carbocycles. The molecular weight excluding hydrogens is 276 g/mol. The van der Waals surface area contributed by atoms with Crippen molar-refractivity contribution in [3.63, 3.8) is 0 Å². The van der Waals surface area contributed by atoms with E-state index < -0.39 is 0 Å². The highest BCUT2D eigenvalue weighted by atomic mass is 35.5. The van der Waals surface area contributed by atoms with Gasteiger partial charge in [0.05, 0.1) is 0 Å². The highest BCUT2D eigenvalue weighted by Crippen LogP contribution is 2.19. The van der Waals surface area contributed by atoms with Gasteiger partial charge in [-0.3, -0.25) is 4.79 Å². The highest BCUT2D eigenvalue weighted by Gasteiger charge is 2.19. The van der Waals surface area contributed by atoms with Crippen LogP contribution in [0.5, 0.6) is 0 Å². The molecule has 0 radical (unpaired) electrons. The van der Waals surface area contributed by atoms with Crippen LogP contribution in [-0.2, 0) is 9.53 Å². The molecule has 0 aliphatic carbocycles. The van der Waals surface area contributed by atoms with Gasteiger partial charge in [0.15, 0.2) is 0 Å². The van der Waals surface area contributed by atoms with Crippen LogP contribution in [0.4, 0.5) is 0 Å². The molecule has 2 rings (SSSR count). The second-order valence-electron chi connectivity index (χ2n) is 6.06. The SMILES string of the molecule is CN(CCC1CCOCC1)C(=O)CCC1CCNC1.Cl. The lowest BCUT2D eigenvalue weighted by atomic mass is 9.96. The minimum Gasteiger partial charge on any atom is -0.381 e. The molecule has 2 aliphatic heterocycles. The van der Waals surface area contributed by atoms with Gasteiger partial charge < -0.3 is 15.0 Å². The summed E-state index contributed by atoms with van der Waals surface area (Å²) in [6.07, 6.45) is 6.46. The van der Waals surface area contributed by atoms with Crippen LogP contribution in [0, 0.1) is 11.8 Å². The second kappa shape index (κ2) is 9.59. The van der Waals surface area contributed by atoms with Gasteiger partial charge in [-0.2, -0.15) is 0 Å². The van der Waals surface area contributed by atoms with E-state index in [-0.39, 0.29) is 12.4 Å². The maximum absolute atomic E-state index is 12.1. The Balaban J connectivity index is 0.00000200. The Labute approximate surface area is 129 Å². The Kier molecular flexibility index (Phi) is 8.50. The van der Waals surface area contributed by atoms with Crippen molar-refractivity contribution in [2.24, 2.45) is 11.8 Å². The maximum Gasteiger partial charge on any atom is 0.222 e. The summed E-state index contributed by atoms with van der Waals surface area (Å²) in [6.45, 7) is 4.93. The lowest BCUT2D eigenvalue weighted by Crippen LogP contribution is -2.30. The molecule has 5 heteroatoms. The predicted molar refractivity (Wildman–Crippen MR) is 83.3 cm³/mol. The molecule has 20 heavy (non-hydrogen) atoms. The molecule has 118 valence electrons. The van der Waals surface area contributed by atoms with Crippen molar-refractivity contribution in [3.05, 3.63) is 0 Å². The van der Waals surface area contributed by atoms with Crippen molar-refractivity contribution >= 4 is 18.3 Å². The summed E-state index contributed by atoms with van der Waals surface area (Å²) in [5.41, 5.74) is 0. The first-order valence-electron chi connectivity index (χ1n) is 7.78. The summed E-state index contributed by atoms with van der Waals surface area (Å²) in [6, 6.07) is 0. The summed E-state index contributed by atoms with van der Waals surface area (Å²) in [7, 11) is 1.95. The molecule has 2 saturated heterocycles. The Bertz CT molecular complexity index is 277. The van der Waals surface area contributed by atoms with Gasteiger partial charge in [0.2, 0.25) is 5.91 Å². The molecule has 0 aromatic heterocycles. The molecule has 1 amide bonds. The minimum atomic E-state index is 0. The van der Waals surface area contributed by atoms with Crippen LogP contribution in [0.15, 0.2) is 0 Å². The number of nitrogens with one attached hydrogen (secondary N) is 1. The van der Waals surface area contributed by atoms with Crippen LogP contribution < -0.4 is 5.32 Å². The smallest absolute Gasteiger partial charge is 0.222 e. The van der Waals surface area contributed by atoms with Crippen molar-refractivity contribution in [1.82, 2.24) is 10.2 Å². The Morgan fingerprint density at radius 1 is 1.20 bits per heavy atom. The molecule has 1 N–H and O–H groups in total. The third-order valence-corrected chi connectivity index (χ3v) is 4.57. The van der Waals surface area contributed by atoms with E-state index >= 15 is 0 Å². The van der Waals surface area contributed by atoms with E-state index in [2.05, 4.69) is 5.32 Å². The average molecular weight is 305 g/mol. The first kappa shape index (κ1) is 17.7. The van der Waals surface area contributed by atoms with Crippen molar-refractivity contribution in [2.45, 2.75) is 38.5 Å². The van der Waals surface area contributed by atoms with Gasteiger partial charge in [-0.05, 0) is 57.0 Å². The van der Waals surface area contributed by atoms with E-state index in [1.807, 2.05) is 11.9 Å². The van der Waals surface area contributed by atoms with Crippen LogP contribution in [0.3, 0.4) is 0 Å². The number of halogens is 1. The van der Waals surface area contributed by atoms with Crippen LogP contribution in [0.1, 0.15) is 38.5 Å². The van der Waals surface area contributed by atoms with E-state index in [1.54, 1.807) is 0 Å². The summed E-state index contributed by atoms with van der Waals surface area (Å²) >= 11 is 0. The van der Waals surface area contributed by atoms with E-state index in [4.69, 9.17) is 4.74 Å². The number of hydrogen-bond donors (Lipinski definition) is 1. The maximum atomic E-state index is 12.1. The van der Waals surface area contributed by atoms with Gasteiger partial charge in [-0.1, -0.05) is 0 Å². The number of amides is 1. The quantitative estimate of drug-likeness (QED) is 0.817. The average Bonchev–Trinajstić information content (AvgIpc) is 2.96. The zero-order valence-corrected chi connectivity index (χ0v) is 13.4. The largest absolute Gasteiger partial charge is 0.381 e. The molecule has 1 atom stereocenters. The summed E-state index contributed by atoms with van der Waals surface area (Å²) in [4.78, 5) is 14.0. The zero-order valence-electron chi connectivity index (χ0n) is 12.6. The fourth-order valence-electron chi connectivity index (χ4n) is 3.02. The molecule has 0 aromatic carbocycles. The fraction of sp³-hybridized carbons (Fsp3) is 0.933. The Hall–Kier alpha value is -0.320. The third kappa shape index (κ3) is 5.98. The first-order valence-corrected chi connectivity index (χ1v) is 7.78. The summed E-state index contributed by atoms with van der Waals surface area (Å²) in [5.74, 6) is 1.79. The van der Waals surface area contributed by atoms with Crippen LogP contribution >= 0.6 is 12.4 Å². The first-order chi connectivity index (χ1) is 9.25. The highest BCUT2D eigenvalue weighted by molar-refractivity contribution is 5.85. The zero-order chi connectivity index (χ0) is 13.5. The molecule has 1 unspecified atom stereocenters. The van der Waals surface area contributed by atoms with E-state index in [0.717, 1.165) is 70.9 Å². The monoisotopic (exact) mass is 304 g/mol. The Morgan fingerprint density at radius 3 is 2.60 bits per heavy atom. The lowest BCUT2D eigenvalue weighted by Gasteiger charge is -2.25. The normalized spacial score (nSPS) is 23.4. The van der Waals surface area contributed by atoms with Crippen molar-refractivity contribution in [2.75, 3.05) is 39.9 Å². The van der Waals surface area contributed by atoms with E-state index in [0.29, 0.717) is 11.8 Å². The number of carbonyl (C=O) groups is 1. The number of ether oxygens (including phenoxy) is 1. The third-order valence-electron chi connectivity index (χ3n) is 4.57. The van der Waals surface area contributed by atoms with Gasteiger partial charge in [0, 0.05) is 33.2 Å². The second-order valence-corrected chi connectivity index (χ2v) is 6.06. The van der Waals surface area contributed by atoms with Crippen LogP contribution in [-0.4, -0.2) is 50.7 Å². The predicted octanol–water partition coefficient (Wildman–Crippen LogP) is 2.07. The van der Waals surface area contributed by atoms with Crippen LogP contribution in [0.2, 0.25) is 0 Å². The molecule has 2 aliphatic rings. The molecule has 0 aromatic rings. The molecule has 0 spiro atoms. The molecule has 2 fully saturated rings. The Morgan fingerprint density at radius 2 is 1.95 bits per heavy atom. The standard InChI is InChI=1S/C15H28N2O2.ClH/c1-17(9-5-13-6-10-19-11-7-13)15(18)3-2-14-4-8-16-12-14;/h13-14,16H,2-12H2,1H3;1H. The van der Waals surface area contributed by atoms with Crippen molar-refractivity contribution in [1.29, 1.82) is 0 Å². The van der Waals surface area contributed by atoms with Gasteiger partial charge in [0.1, 0.15) is 0 Å². The lowest BCUT2D eigenvalue weighted by molar-refractivity contribution is -0.130. The van der Waals surface area contributed by atoms with Crippen molar-refractivity contribution < 1.29 is 9.53 Å². The summed E-state index contributed by atoms with van der Waals surface area (Å²) in [5, 5.41) is 3.36. The van der Waals surface area contributed by atoms with Gasteiger partial charge >= 0.3 is 0 Å². The number of hydrogen-bond acceptors (Lipinski definition) is 3. The number of nitrogens with zero attached hydrogens (tertiary/aromatic N) is 1. The summed E-state index contributed by atoms with van der Waals surface area (Å²) < 4.78 is 5.36. The molecular formula is C15H29ClN2O2. The topological polar surface area (TPSA) is 41.6 Å². The molecule has 4 nitrogen and oxygen atoms in total.